The number of nitrogens with two attached hydrogens (primary N) is 1. The highest BCUT2D eigenvalue weighted by Gasteiger charge is 2.36. The van der Waals surface area contributed by atoms with Crippen molar-refractivity contribution in [2.75, 3.05) is 19.6 Å². The Morgan fingerprint density at radius 3 is 2.44 bits per heavy atom. The summed E-state index contributed by atoms with van der Waals surface area (Å²) < 4.78 is 26.7. The van der Waals surface area contributed by atoms with Gasteiger partial charge in [0.25, 0.3) is 10.0 Å². The molecule has 144 valence electrons. The van der Waals surface area contributed by atoms with Crippen molar-refractivity contribution in [2.45, 2.75) is 55.7 Å². The SMILES string of the molecule is CCN(CC)S(=O)(=O)c1ccc(CCNC(=O)C2(N)CCCC2)s1.Cl. The predicted octanol–water partition coefficient (Wildman–Crippen LogP) is 2.13. The first-order valence-corrected chi connectivity index (χ1v) is 10.7. The zero-order chi connectivity index (χ0) is 17.8. The van der Waals surface area contributed by atoms with Gasteiger partial charge in [0.2, 0.25) is 5.91 Å². The number of nitrogens with zero attached hydrogens (tertiary/aromatic N) is 1. The molecule has 0 spiro atoms. The molecule has 6 nitrogen and oxygen atoms in total. The van der Waals surface area contributed by atoms with Crippen LogP contribution in [-0.2, 0) is 21.2 Å². The average Bonchev–Trinajstić information content (AvgIpc) is 3.18. The smallest absolute Gasteiger partial charge is 0.252 e. The van der Waals surface area contributed by atoms with E-state index in [1.54, 1.807) is 6.07 Å². The molecule has 3 N–H and O–H groups in total. The number of hydrogen-bond acceptors (Lipinski definition) is 5. The van der Waals surface area contributed by atoms with Gasteiger partial charge in [0.05, 0.1) is 5.54 Å². The van der Waals surface area contributed by atoms with Crippen LogP contribution in [0.15, 0.2) is 16.3 Å². The molecule has 1 heterocycles. The van der Waals surface area contributed by atoms with Crippen molar-refractivity contribution in [3.05, 3.63) is 17.0 Å². The van der Waals surface area contributed by atoms with E-state index >= 15 is 0 Å². The fraction of sp³-hybridized carbons (Fsp3) is 0.688. The van der Waals surface area contributed by atoms with Crippen LogP contribution in [0.3, 0.4) is 0 Å². The van der Waals surface area contributed by atoms with E-state index in [2.05, 4.69) is 5.32 Å². The Balaban J connectivity index is 0.00000312. The van der Waals surface area contributed by atoms with Crippen LogP contribution in [0.25, 0.3) is 0 Å². The summed E-state index contributed by atoms with van der Waals surface area (Å²) in [7, 11) is -3.40. The van der Waals surface area contributed by atoms with Crippen molar-refractivity contribution in [1.82, 2.24) is 9.62 Å². The topological polar surface area (TPSA) is 92.5 Å². The van der Waals surface area contributed by atoms with E-state index in [0.717, 1.165) is 30.6 Å². The lowest BCUT2D eigenvalue weighted by atomic mass is 9.98. The number of carbonyl (C=O) groups is 1. The van der Waals surface area contributed by atoms with Gasteiger partial charge in [-0.3, -0.25) is 4.79 Å². The zero-order valence-corrected chi connectivity index (χ0v) is 17.2. The van der Waals surface area contributed by atoms with Crippen molar-refractivity contribution < 1.29 is 13.2 Å². The Morgan fingerprint density at radius 1 is 1.28 bits per heavy atom. The molecule has 1 aliphatic rings. The molecule has 0 aromatic carbocycles. The maximum Gasteiger partial charge on any atom is 0.252 e. The number of sulfonamides is 1. The summed E-state index contributed by atoms with van der Waals surface area (Å²) in [5, 5.41) is 2.89. The number of nitrogens with one attached hydrogen (secondary N) is 1. The summed E-state index contributed by atoms with van der Waals surface area (Å²) in [4.78, 5) is 13.1. The monoisotopic (exact) mass is 409 g/mol. The molecule has 1 amide bonds. The fourth-order valence-electron chi connectivity index (χ4n) is 3.03. The first-order valence-electron chi connectivity index (χ1n) is 8.49. The number of hydrogen-bond donors (Lipinski definition) is 2. The molecule has 1 saturated carbocycles. The normalized spacial score (nSPS) is 16.6. The van der Waals surface area contributed by atoms with Crippen LogP contribution in [0.5, 0.6) is 0 Å². The molecule has 1 aromatic rings. The van der Waals surface area contributed by atoms with E-state index in [1.165, 1.54) is 15.6 Å². The molecule has 2 rings (SSSR count). The first-order chi connectivity index (χ1) is 11.3. The molecule has 1 fully saturated rings. The van der Waals surface area contributed by atoms with E-state index < -0.39 is 15.6 Å². The molecule has 1 aromatic heterocycles. The third-order valence-electron chi connectivity index (χ3n) is 4.54. The second-order valence-electron chi connectivity index (χ2n) is 6.18. The van der Waals surface area contributed by atoms with Gasteiger partial charge in [0.15, 0.2) is 0 Å². The van der Waals surface area contributed by atoms with Crippen LogP contribution in [0.2, 0.25) is 0 Å². The minimum Gasteiger partial charge on any atom is -0.354 e. The zero-order valence-electron chi connectivity index (χ0n) is 14.8. The molecule has 0 atom stereocenters. The summed E-state index contributed by atoms with van der Waals surface area (Å²) >= 11 is 1.27. The van der Waals surface area contributed by atoms with E-state index in [-0.39, 0.29) is 18.3 Å². The van der Waals surface area contributed by atoms with Crippen molar-refractivity contribution in [3.63, 3.8) is 0 Å². The van der Waals surface area contributed by atoms with E-state index in [0.29, 0.717) is 30.3 Å². The summed E-state index contributed by atoms with van der Waals surface area (Å²) in [6.45, 7) is 5.05. The average molecular weight is 410 g/mol. The van der Waals surface area contributed by atoms with Gasteiger partial charge in [-0.05, 0) is 31.4 Å². The molecule has 0 unspecified atom stereocenters. The number of carbonyl (C=O) groups excluding carboxylic acids is 1. The van der Waals surface area contributed by atoms with Crippen molar-refractivity contribution in [1.29, 1.82) is 0 Å². The van der Waals surface area contributed by atoms with Crippen LogP contribution < -0.4 is 11.1 Å². The number of thiophene rings is 1. The van der Waals surface area contributed by atoms with E-state index in [9.17, 15) is 13.2 Å². The van der Waals surface area contributed by atoms with Crippen LogP contribution in [-0.4, -0.2) is 43.8 Å². The Hall–Kier alpha value is -0.670. The van der Waals surface area contributed by atoms with Crippen molar-refractivity contribution in [3.8, 4) is 0 Å². The molecule has 1 aliphatic carbocycles. The molecular weight excluding hydrogens is 382 g/mol. The van der Waals surface area contributed by atoms with Crippen LogP contribution in [0.4, 0.5) is 0 Å². The van der Waals surface area contributed by atoms with Crippen LogP contribution in [0.1, 0.15) is 44.4 Å². The molecule has 0 aliphatic heterocycles. The molecule has 0 radical (unpaired) electrons. The standard InChI is InChI=1S/C16H27N3O3S2.ClH/c1-3-19(4-2)24(21,22)14-8-7-13(23-14)9-12-18-15(20)16(17)10-5-6-11-16;/h7-8H,3-6,9-12,17H2,1-2H3,(H,18,20);1H. The first kappa shape index (κ1) is 22.4. The molecule has 0 saturated heterocycles. The summed E-state index contributed by atoms with van der Waals surface area (Å²) in [6, 6.07) is 3.47. The highest BCUT2D eigenvalue weighted by molar-refractivity contribution is 7.91. The number of amides is 1. The Morgan fingerprint density at radius 2 is 1.88 bits per heavy atom. The Labute approximate surface area is 160 Å². The van der Waals surface area contributed by atoms with Gasteiger partial charge in [-0.15, -0.1) is 23.7 Å². The van der Waals surface area contributed by atoms with Crippen LogP contribution >= 0.6 is 23.7 Å². The fourth-order valence-corrected chi connectivity index (χ4v) is 6.00. The Bertz CT molecular complexity index is 666. The summed E-state index contributed by atoms with van der Waals surface area (Å²) in [5.41, 5.74) is 5.40. The maximum absolute atomic E-state index is 12.5. The van der Waals surface area contributed by atoms with Crippen LogP contribution in [0, 0.1) is 0 Å². The lowest BCUT2D eigenvalue weighted by Gasteiger charge is -2.22. The van der Waals surface area contributed by atoms with Gasteiger partial charge in [0, 0.05) is 24.5 Å². The van der Waals surface area contributed by atoms with Gasteiger partial charge < -0.3 is 11.1 Å². The molecule has 0 bridgehead atoms. The van der Waals surface area contributed by atoms with Crippen molar-refractivity contribution in [2.24, 2.45) is 5.73 Å². The van der Waals surface area contributed by atoms with E-state index in [1.807, 2.05) is 19.9 Å². The third kappa shape index (κ3) is 5.17. The second kappa shape index (κ2) is 9.32. The lowest BCUT2D eigenvalue weighted by Crippen LogP contribution is -2.52. The third-order valence-corrected chi connectivity index (χ3v) is 8.20. The minimum absolute atomic E-state index is 0. The van der Waals surface area contributed by atoms with Gasteiger partial charge in [-0.25, -0.2) is 8.42 Å². The summed E-state index contributed by atoms with van der Waals surface area (Å²) in [5.74, 6) is -0.0902. The molecular formula is C16H28ClN3O3S2. The highest BCUT2D eigenvalue weighted by Crippen LogP contribution is 2.27. The van der Waals surface area contributed by atoms with Gasteiger partial charge in [-0.2, -0.15) is 4.31 Å². The maximum atomic E-state index is 12.5. The largest absolute Gasteiger partial charge is 0.354 e. The molecule has 9 heteroatoms. The second-order valence-corrected chi connectivity index (χ2v) is 9.51. The van der Waals surface area contributed by atoms with Gasteiger partial charge in [0.1, 0.15) is 4.21 Å². The Kier molecular flexibility index (Phi) is 8.34. The predicted molar refractivity (Wildman–Crippen MR) is 104 cm³/mol. The van der Waals surface area contributed by atoms with E-state index in [4.69, 9.17) is 5.73 Å². The quantitative estimate of drug-likeness (QED) is 0.687. The highest BCUT2D eigenvalue weighted by atomic mass is 35.5. The van der Waals surface area contributed by atoms with Gasteiger partial charge >= 0.3 is 0 Å². The summed E-state index contributed by atoms with van der Waals surface area (Å²) in [6.07, 6.45) is 4.09. The number of rotatable bonds is 8. The molecule has 25 heavy (non-hydrogen) atoms. The van der Waals surface area contributed by atoms with Gasteiger partial charge in [-0.1, -0.05) is 26.7 Å². The number of halogens is 1. The van der Waals surface area contributed by atoms with Crippen molar-refractivity contribution >= 4 is 39.7 Å². The lowest BCUT2D eigenvalue weighted by molar-refractivity contribution is -0.126. The minimum atomic E-state index is -3.40.